The summed E-state index contributed by atoms with van der Waals surface area (Å²) in [4.78, 5) is 10.6. The molecule has 16 heavy (non-hydrogen) atoms. The second-order valence-electron chi connectivity index (χ2n) is 3.36. The average Bonchev–Trinajstić information content (AvgIpc) is 2.21. The predicted octanol–water partition coefficient (Wildman–Crippen LogP) is 3.23. The van der Waals surface area contributed by atoms with Gasteiger partial charge >= 0.3 is 5.97 Å². The predicted molar refractivity (Wildman–Crippen MR) is 56.9 cm³/mol. The SMILES string of the molecule is CCC/C(=C\C(=O)O)c1cccc(F)c1F. The fraction of sp³-hybridized carbons (Fsp3) is 0.250. The smallest absolute Gasteiger partial charge is 0.328 e. The molecule has 0 saturated carbocycles. The van der Waals surface area contributed by atoms with Crippen LogP contribution in [0.25, 0.3) is 5.57 Å². The van der Waals surface area contributed by atoms with Crippen LogP contribution in [0.3, 0.4) is 0 Å². The summed E-state index contributed by atoms with van der Waals surface area (Å²) < 4.78 is 26.4. The zero-order valence-electron chi connectivity index (χ0n) is 8.84. The maximum atomic E-state index is 13.4. The number of benzene rings is 1. The Balaban J connectivity index is 3.21. The summed E-state index contributed by atoms with van der Waals surface area (Å²) in [5.74, 6) is -3.12. The molecule has 1 rings (SSSR count). The van der Waals surface area contributed by atoms with E-state index in [2.05, 4.69) is 0 Å². The largest absolute Gasteiger partial charge is 0.478 e. The second kappa shape index (κ2) is 5.39. The molecule has 0 bridgehead atoms. The Bertz CT molecular complexity index is 425. The summed E-state index contributed by atoms with van der Waals surface area (Å²) in [7, 11) is 0. The number of rotatable bonds is 4. The van der Waals surface area contributed by atoms with Crippen molar-refractivity contribution in [2.75, 3.05) is 0 Å². The van der Waals surface area contributed by atoms with Gasteiger partial charge in [-0.25, -0.2) is 13.6 Å². The molecule has 1 aromatic carbocycles. The van der Waals surface area contributed by atoms with E-state index in [1.165, 1.54) is 12.1 Å². The minimum atomic E-state index is -1.16. The summed E-state index contributed by atoms with van der Waals surface area (Å²) in [6, 6.07) is 3.74. The lowest BCUT2D eigenvalue weighted by molar-refractivity contribution is -0.131. The summed E-state index contributed by atoms with van der Waals surface area (Å²) in [5, 5.41) is 8.64. The van der Waals surface area contributed by atoms with E-state index >= 15 is 0 Å². The zero-order chi connectivity index (χ0) is 12.1. The van der Waals surface area contributed by atoms with Gasteiger partial charge in [-0.3, -0.25) is 0 Å². The molecule has 0 unspecified atom stereocenters. The third-order valence-electron chi connectivity index (χ3n) is 2.11. The van der Waals surface area contributed by atoms with Crippen LogP contribution in [0.5, 0.6) is 0 Å². The highest BCUT2D eigenvalue weighted by Crippen LogP contribution is 2.24. The van der Waals surface area contributed by atoms with Gasteiger partial charge in [0, 0.05) is 11.6 Å². The van der Waals surface area contributed by atoms with Gasteiger partial charge in [0.25, 0.3) is 0 Å². The van der Waals surface area contributed by atoms with E-state index in [0.29, 0.717) is 18.4 Å². The lowest BCUT2D eigenvalue weighted by Gasteiger charge is -2.07. The zero-order valence-corrected chi connectivity index (χ0v) is 8.84. The van der Waals surface area contributed by atoms with Crippen molar-refractivity contribution in [3.05, 3.63) is 41.5 Å². The van der Waals surface area contributed by atoms with Crippen LogP contribution in [0.2, 0.25) is 0 Å². The van der Waals surface area contributed by atoms with Gasteiger partial charge in [0.15, 0.2) is 11.6 Å². The van der Waals surface area contributed by atoms with E-state index in [1.807, 2.05) is 6.92 Å². The van der Waals surface area contributed by atoms with E-state index in [9.17, 15) is 13.6 Å². The van der Waals surface area contributed by atoms with Crippen molar-refractivity contribution in [3.63, 3.8) is 0 Å². The normalized spacial score (nSPS) is 11.6. The van der Waals surface area contributed by atoms with Crippen LogP contribution in [0.1, 0.15) is 25.3 Å². The molecule has 1 N–H and O–H groups in total. The highest BCUT2D eigenvalue weighted by Gasteiger charge is 2.12. The van der Waals surface area contributed by atoms with Gasteiger partial charge < -0.3 is 5.11 Å². The van der Waals surface area contributed by atoms with E-state index in [0.717, 1.165) is 12.1 Å². The average molecular weight is 226 g/mol. The lowest BCUT2D eigenvalue weighted by atomic mass is 10.0. The van der Waals surface area contributed by atoms with E-state index in [-0.39, 0.29) is 5.56 Å². The maximum absolute atomic E-state index is 13.4. The third-order valence-corrected chi connectivity index (χ3v) is 2.11. The van der Waals surface area contributed by atoms with Gasteiger partial charge in [0.2, 0.25) is 0 Å². The number of carboxylic acids is 1. The molecule has 0 fully saturated rings. The summed E-state index contributed by atoms with van der Waals surface area (Å²) >= 11 is 0. The van der Waals surface area contributed by atoms with Crippen molar-refractivity contribution in [2.24, 2.45) is 0 Å². The molecule has 1 aromatic rings. The molecule has 0 radical (unpaired) electrons. The molecule has 0 aliphatic carbocycles. The van der Waals surface area contributed by atoms with Crippen molar-refractivity contribution in [1.82, 2.24) is 0 Å². The Morgan fingerprint density at radius 1 is 1.44 bits per heavy atom. The molecule has 0 aromatic heterocycles. The van der Waals surface area contributed by atoms with Crippen molar-refractivity contribution >= 4 is 11.5 Å². The minimum absolute atomic E-state index is 0.0178. The first-order valence-corrected chi connectivity index (χ1v) is 4.94. The van der Waals surface area contributed by atoms with Crippen LogP contribution < -0.4 is 0 Å². The van der Waals surface area contributed by atoms with Crippen molar-refractivity contribution in [1.29, 1.82) is 0 Å². The van der Waals surface area contributed by atoms with Gasteiger partial charge in [0.05, 0.1) is 0 Å². The van der Waals surface area contributed by atoms with Crippen molar-refractivity contribution < 1.29 is 18.7 Å². The lowest BCUT2D eigenvalue weighted by Crippen LogP contribution is -1.97. The van der Waals surface area contributed by atoms with Crippen LogP contribution in [0.15, 0.2) is 24.3 Å². The maximum Gasteiger partial charge on any atom is 0.328 e. The van der Waals surface area contributed by atoms with Crippen LogP contribution >= 0.6 is 0 Å². The first-order chi connectivity index (χ1) is 7.56. The molecular formula is C12H12F2O2. The highest BCUT2D eigenvalue weighted by atomic mass is 19.2. The molecule has 0 saturated heterocycles. The van der Waals surface area contributed by atoms with Gasteiger partial charge in [-0.05, 0) is 18.1 Å². The van der Waals surface area contributed by atoms with Crippen molar-refractivity contribution in [2.45, 2.75) is 19.8 Å². The van der Waals surface area contributed by atoms with Gasteiger partial charge in [-0.1, -0.05) is 25.5 Å². The number of hydrogen-bond acceptors (Lipinski definition) is 1. The molecule has 0 heterocycles. The Kier molecular flexibility index (Phi) is 4.17. The first-order valence-electron chi connectivity index (χ1n) is 4.94. The molecule has 86 valence electrons. The van der Waals surface area contributed by atoms with E-state index < -0.39 is 17.6 Å². The topological polar surface area (TPSA) is 37.3 Å². The van der Waals surface area contributed by atoms with Crippen LogP contribution in [0.4, 0.5) is 8.78 Å². The number of carboxylic acid groups (broad SMARTS) is 1. The van der Waals surface area contributed by atoms with Gasteiger partial charge in [-0.15, -0.1) is 0 Å². The van der Waals surface area contributed by atoms with E-state index in [1.54, 1.807) is 0 Å². The summed E-state index contributed by atoms with van der Waals surface area (Å²) in [5.41, 5.74) is 0.316. The number of hydrogen-bond donors (Lipinski definition) is 1. The number of carbonyl (C=O) groups is 1. The Hall–Kier alpha value is -1.71. The Morgan fingerprint density at radius 2 is 2.12 bits per heavy atom. The molecule has 2 nitrogen and oxygen atoms in total. The van der Waals surface area contributed by atoms with Gasteiger partial charge in [-0.2, -0.15) is 0 Å². The fourth-order valence-electron chi connectivity index (χ4n) is 1.45. The summed E-state index contributed by atoms with van der Waals surface area (Å²) in [6.45, 7) is 1.84. The first kappa shape index (κ1) is 12.4. The van der Waals surface area contributed by atoms with Crippen molar-refractivity contribution in [3.8, 4) is 0 Å². The molecule has 0 aliphatic heterocycles. The minimum Gasteiger partial charge on any atom is -0.478 e. The molecule has 0 atom stereocenters. The third kappa shape index (κ3) is 2.89. The summed E-state index contributed by atoms with van der Waals surface area (Å²) in [6.07, 6.45) is 1.98. The molecule has 0 spiro atoms. The van der Waals surface area contributed by atoms with Crippen LogP contribution in [-0.2, 0) is 4.79 Å². The molecule has 0 aliphatic rings. The van der Waals surface area contributed by atoms with Crippen LogP contribution in [-0.4, -0.2) is 11.1 Å². The standard InChI is InChI=1S/C12H12F2O2/c1-2-4-8(7-11(15)16)9-5-3-6-10(13)12(9)14/h3,5-7H,2,4H2,1H3,(H,15,16)/b8-7+. The fourth-order valence-corrected chi connectivity index (χ4v) is 1.45. The van der Waals surface area contributed by atoms with Gasteiger partial charge in [0.1, 0.15) is 0 Å². The quantitative estimate of drug-likeness (QED) is 0.800. The Labute approximate surface area is 92.2 Å². The molecule has 4 heteroatoms. The number of aliphatic carboxylic acids is 1. The monoisotopic (exact) mass is 226 g/mol. The number of allylic oxidation sites excluding steroid dienone is 1. The van der Waals surface area contributed by atoms with Crippen LogP contribution in [0, 0.1) is 11.6 Å². The van der Waals surface area contributed by atoms with E-state index in [4.69, 9.17) is 5.11 Å². The molecule has 0 amide bonds. The highest BCUT2D eigenvalue weighted by molar-refractivity contribution is 5.90. The molecular weight excluding hydrogens is 214 g/mol. The second-order valence-corrected chi connectivity index (χ2v) is 3.36. The Morgan fingerprint density at radius 3 is 2.69 bits per heavy atom. The number of halogens is 2.